The van der Waals surface area contributed by atoms with Gasteiger partial charge in [0.05, 0.1) is 13.2 Å². The van der Waals surface area contributed by atoms with Crippen LogP contribution < -0.4 is 11.1 Å². The number of hydrogen-bond donors (Lipinski definition) is 2. The molecule has 0 saturated heterocycles. The van der Waals surface area contributed by atoms with Gasteiger partial charge in [-0.3, -0.25) is 9.80 Å². The Morgan fingerprint density at radius 3 is 1.47 bits per heavy atom. The Hall–Kier alpha value is -4.85. The largest absolute Gasteiger partial charge is 0.464 e. The molecule has 2 atom stereocenters. The molecule has 2 rings (SSSR count). The van der Waals surface area contributed by atoms with Gasteiger partial charge in [0.15, 0.2) is 0 Å². The quantitative estimate of drug-likeness (QED) is 0.122. The Labute approximate surface area is 301 Å². The van der Waals surface area contributed by atoms with E-state index in [4.69, 9.17) is 29.4 Å². The normalized spacial score (nSPS) is 11.8. The molecule has 0 radical (unpaired) electrons. The summed E-state index contributed by atoms with van der Waals surface area (Å²) in [5.41, 5.74) is 6.63. The topological polar surface area (TPSA) is 176 Å². The van der Waals surface area contributed by atoms with Crippen LogP contribution in [0.15, 0.2) is 60.7 Å². The molecule has 0 saturated carbocycles. The Bertz CT molecular complexity index is 1320. The molecule has 3 N–H and O–H groups in total. The van der Waals surface area contributed by atoms with E-state index < -0.39 is 47.9 Å². The van der Waals surface area contributed by atoms with Gasteiger partial charge >= 0.3 is 30.2 Å². The number of esters is 2. The zero-order valence-electron chi connectivity index (χ0n) is 31.1. The molecule has 2 aromatic rings. The molecule has 0 heterocycles. The van der Waals surface area contributed by atoms with Crippen molar-refractivity contribution in [3.63, 3.8) is 0 Å². The number of nitrogens with two attached hydrogens (primary N) is 1. The molecule has 2 unspecified atom stereocenters. The van der Waals surface area contributed by atoms with Gasteiger partial charge in [-0.2, -0.15) is 0 Å². The first-order chi connectivity index (χ1) is 24.2. The van der Waals surface area contributed by atoms with E-state index in [1.807, 2.05) is 60.7 Å². The summed E-state index contributed by atoms with van der Waals surface area (Å²) in [6.07, 6.45) is -0.688. The number of ether oxygens (including phenoxy) is 5. The molecule has 0 spiro atoms. The van der Waals surface area contributed by atoms with Crippen molar-refractivity contribution in [2.24, 2.45) is 5.73 Å². The molecular formula is C37H56N4O10. The monoisotopic (exact) mass is 716 g/mol. The van der Waals surface area contributed by atoms with Crippen molar-refractivity contribution in [1.82, 2.24) is 15.1 Å². The van der Waals surface area contributed by atoms with Crippen molar-refractivity contribution in [2.75, 3.05) is 39.4 Å². The lowest BCUT2D eigenvalue weighted by Crippen LogP contribution is -2.45. The van der Waals surface area contributed by atoms with Crippen LogP contribution in [-0.4, -0.2) is 97.1 Å². The van der Waals surface area contributed by atoms with Gasteiger partial charge in [-0.05, 0) is 79.0 Å². The number of carbonyl (C=O) groups excluding carboxylic acids is 5. The average molecular weight is 717 g/mol. The summed E-state index contributed by atoms with van der Waals surface area (Å²) in [5.74, 6) is -0.958. The van der Waals surface area contributed by atoms with Gasteiger partial charge in [0.25, 0.3) is 0 Å². The second-order valence-corrected chi connectivity index (χ2v) is 12.2. The number of benzene rings is 2. The zero-order chi connectivity index (χ0) is 38.2. The highest BCUT2D eigenvalue weighted by Gasteiger charge is 2.29. The maximum Gasteiger partial charge on any atom is 0.410 e. The molecule has 0 aliphatic rings. The SMILES string of the molecule is CCOC(=O)C(C)N(CCCN)C(=O)OCc1ccccc1.CCOC(=O)C(C)N(CCCNC(=O)OC(C)(C)C)C(=O)OCc1ccccc1. The highest BCUT2D eigenvalue weighted by molar-refractivity contribution is 5.81. The van der Waals surface area contributed by atoms with Gasteiger partial charge in [-0.25, -0.2) is 24.0 Å². The third kappa shape index (κ3) is 18.6. The molecule has 3 amide bonds. The number of rotatable bonds is 17. The van der Waals surface area contributed by atoms with Gasteiger partial charge in [-0.15, -0.1) is 0 Å². The van der Waals surface area contributed by atoms with Crippen molar-refractivity contribution in [3.8, 4) is 0 Å². The number of carbonyl (C=O) groups is 5. The number of hydrogen-bond acceptors (Lipinski definition) is 11. The van der Waals surface area contributed by atoms with E-state index in [2.05, 4.69) is 5.32 Å². The van der Waals surface area contributed by atoms with Crippen LogP contribution in [0.4, 0.5) is 14.4 Å². The van der Waals surface area contributed by atoms with Gasteiger partial charge in [0.2, 0.25) is 0 Å². The molecule has 51 heavy (non-hydrogen) atoms. The first kappa shape index (κ1) is 44.2. The van der Waals surface area contributed by atoms with Crippen LogP contribution in [0.1, 0.15) is 72.4 Å². The number of alkyl carbamates (subject to hydrolysis) is 1. The van der Waals surface area contributed by atoms with Crippen molar-refractivity contribution in [3.05, 3.63) is 71.8 Å². The van der Waals surface area contributed by atoms with Crippen LogP contribution in [0.2, 0.25) is 0 Å². The van der Waals surface area contributed by atoms with Crippen LogP contribution in [0.25, 0.3) is 0 Å². The van der Waals surface area contributed by atoms with Crippen molar-refractivity contribution >= 4 is 30.2 Å². The Morgan fingerprint density at radius 2 is 1.10 bits per heavy atom. The second-order valence-electron chi connectivity index (χ2n) is 12.2. The molecule has 0 aliphatic carbocycles. The summed E-state index contributed by atoms with van der Waals surface area (Å²) in [6, 6.07) is 17.1. The molecular weight excluding hydrogens is 660 g/mol. The predicted octanol–water partition coefficient (Wildman–Crippen LogP) is 5.42. The minimum Gasteiger partial charge on any atom is -0.464 e. The first-order valence-corrected chi connectivity index (χ1v) is 17.2. The molecule has 0 aromatic heterocycles. The van der Waals surface area contributed by atoms with Gasteiger partial charge in [0.1, 0.15) is 30.9 Å². The van der Waals surface area contributed by atoms with Crippen molar-refractivity contribution in [2.45, 2.75) is 92.2 Å². The summed E-state index contributed by atoms with van der Waals surface area (Å²) < 4.78 is 25.8. The number of amides is 3. The van der Waals surface area contributed by atoms with E-state index in [0.717, 1.165) is 11.1 Å². The summed E-state index contributed by atoms with van der Waals surface area (Å²) in [7, 11) is 0. The Kier molecular flexibility index (Phi) is 21.1. The molecule has 284 valence electrons. The lowest BCUT2D eigenvalue weighted by Gasteiger charge is -2.27. The zero-order valence-corrected chi connectivity index (χ0v) is 31.1. The van der Waals surface area contributed by atoms with E-state index in [1.54, 1.807) is 48.5 Å². The molecule has 14 nitrogen and oxygen atoms in total. The molecule has 0 bridgehead atoms. The van der Waals surface area contributed by atoms with Crippen molar-refractivity contribution < 1.29 is 47.7 Å². The van der Waals surface area contributed by atoms with E-state index >= 15 is 0 Å². The van der Waals surface area contributed by atoms with Crippen LogP contribution >= 0.6 is 0 Å². The lowest BCUT2D eigenvalue weighted by molar-refractivity contribution is -0.149. The van der Waals surface area contributed by atoms with E-state index in [-0.39, 0.29) is 39.5 Å². The second kappa shape index (κ2) is 24.3. The smallest absolute Gasteiger partial charge is 0.410 e. The number of nitrogens with zero attached hydrogens (tertiary/aromatic N) is 2. The van der Waals surface area contributed by atoms with E-state index in [9.17, 15) is 24.0 Å². The standard InChI is InChI=1S/C21H32N2O6.C16H24N2O4/c1-6-27-18(24)16(2)23(14-10-13-22-19(25)29-21(3,4)5)20(26)28-15-17-11-8-7-9-12-17;1-3-21-15(19)13(2)18(11-7-10-17)16(20)22-12-14-8-5-4-6-9-14/h7-9,11-12,16H,6,10,13-15H2,1-5H3,(H,22,25);4-6,8-9,13H,3,7,10-12,17H2,1-2H3. The van der Waals surface area contributed by atoms with Gasteiger partial charge in [0, 0.05) is 19.6 Å². The minimum atomic E-state index is -0.806. The van der Waals surface area contributed by atoms with Crippen LogP contribution in [-0.2, 0) is 46.5 Å². The van der Waals surface area contributed by atoms with Gasteiger partial charge < -0.3 is 34.7 Å². The highest BCUT2D eigenvalue weighted by atomic mass is 16.6. The predicted molar refractivity (Wildman–Crippen MR) is 191 cm³/mol. The lowest BCUT2D eigenvalue weighted by atomic mass is 10.2. The summed E-state index contributed by atoms with van der Waals surface area (Å²) in [4.78, 5) is 63.1. The average Bonchev–Trinajstić information content (AvgIpc) is 3.10. The molecule has 0 aliphatic heterocycles. The Balaban J connectivity index is 0.000000530. The number of nitrogens with one attached hydrogen (secondary N) is 1. The fourth-order valence-electron chi connectivity index (χ4n) is 4.29. The fraction of sp³-hybridized carbons (Fsp3) is 0.541. The summed E-state index contributed by atoms with van der Waals surface area (Å²) >= 11 is 0. The van der Waals surface area contributed by atoms with E-state index in [1.165, 1.54) is 9.80 Å². The maximum atomic E-state index is 12.6. The summed E-state index contributed by atoms with van der Waals surface area (Å²) in [5, 5.41) is 2.63. The third-order valence-electron chi connectivity index (χ3n) is 6.92. The highest BCUT2D eigenvalue weighted by Crippen LogP contribution is 2.11. The van der Waals surface area contributed by atoms with Gasteiger partial charge in [-0.1, -0.05) is 60.7 Å². The fourth-order valence-corrected chi connectivity index (χ4v) is 4.29. The van der Waals surface area contributed by atoms with Crippen molar-refractivity contribution in [1.29, 1.82) is 0 Å². The minimum absolute atomic E-state index is 0.0991. The molecule has 14 heteroatoms. The maximum absolute atomic E-state index is 12.6. The third-order valence-corrected chi connectivity index (χ3v) is 6.92. The molecule has 0 fully saturated rings. The summed E-state index contributed by atoms with van der Waals surface area (Å²) in [6.45, 7) is 14.0. The van der Waals surface area contributed by atoms with Crippen LogP contribution in [0.5, 0.6) is 0 Å². The first-order valence-electron chi connectivity index (χ1n) is 17.2. The van der Waals surface area contributed by atoms with Crippen LogP contribution in [0.3, 0.4) is 0 Å². The Morgan fingerprint density at radius 1 is 0.686 bits per heavy atom. The van der Waals surface area contributed by atoms with E-state index in [0.29, 0.717) is 25.9 Å². The van der Waals surface area contributed by atoms with Crippen LogP contribution in [0, 0.1) is 0 Å². The molecule has 2 aromatic carbocycles.